The van der Waals surface area contributed by atoms with E-state index >= 15 is 0 Å². The Morgan fingerprint density at radius 3 is 2.94 bits per heavy atom. The molecular formula is C11H12N4O2S. The van der Waals surface area contributed by atoms with Crippen LogP contribution in [-0.2, 0) is 4.74 Å². The molecule has 0 aliphatic carbocycles. The molecule has 0 unspecified atom stereocenters. The van der Waals surface area contributed by atoms with E-state index in [0.29, 0.717) is 24.1 Å². The smallest absolute Gasteiger partial charge is 0.265 e. The summed E-state index contributed by atoms with van der Waals surface area (Å²) in [5.74, 6) is -0.453. The molecule has 2 N–H and O–H groups in total. The number of nitrogens with zero attached hydrogens (tertiary/aromatic N) is 3. The molecule has 0 atom stereocenters. The van der Waals surface area contributed by atoms with Crippen LogP contribution in [0.3, 0.4) is 0 Å². The first-order valence-corrected chi connectivity index (χ1v) is 6.72. The molecule has 0 saturated carbocycles. The first kappa shape index (κ1) is 11.5. The van der Waals surface area contributed by atoms with E-state index in [1.165, 1.54) is 11.8 Å². The van der Waals surface area contributed by atoms with Crippen molar-refractivity contribution >= 4 is 28.7 Å². The van der Waals surface area contributed by atoms with Crippen molar-refractivity contribution in [3.63, 3.8) is 0 Å². The molecule has 1 aliphatic heterocycles. The van der Waals surface area contributed by atoms with Gasteiger partial charge >= 0.3 is 0 Å². The lowest BCUT2D eigenvalue weighted by Crippen LogP contribution is -2.33. The average Bonchev–Trinajstić information content (AvgIpc) is 2.66. The van der Waals surface area contributed by atoms with Crippen LogP contribution >= 0.6 is 11.8 Å². The maximum absolute atomic E-state index is 11.5. The number of aromatic nitrogens is 3. The Labute approximate surface area is 108 Å². The second-order valence-corrected chi connectivity index (χ2v) is 4.86. The van der Waals surface area contributed by atoms with Crippen LogP contribution in [0.15, 0.2) is 17.4 Å². The van der Waals surface area contributed by atoms with E-state index in [2.05, 4.69) is 9.97 Å². The van der Waals surface area contributed by atoms with Gasteiger partial charge in [0.1, 0.15) is 11.3 Å². The number of hydrogen-bond donors (Lipinski definition) is 1. The van der Waals surface area contributed by atoms with E-state index < -0.39 is 5.91 Å². The van der Waals surface area contributed by atoms with E-state index in [4.69, 9.17) is 10.5 Å². The third kappa shape index (κ3) is 1.67. The van der Waals surface area contributed by atoms with Gasteiger partial charge in [-0.05, 0) is 12.3 Å². The van der Waals surface area contributed by atoms with Crippen molar-refractivity contribution in [2.45, 2.75) is 11.2 Å². The zero-order valence-corrected chi connectivity index (χ0v) is 10.6. The topological polar surface area (TPSA) is 83.0 Å². The molecule has 2 aromatic rings. The van der Waals surface area contributed by atoms with Crippen LogP contribution in [0, 0.1) is 0 Å². The van der Waals surface area contributed by atoms with Crippen LogP contribution < -0.4 is 5.73 Å². The monoisotopic (exact) mass is 264 g/mol. The van der Waals surface area contributed by atoms with Gasteiger partial charge in [0, 0.05) is 11.6 Å². The van der Waals surface area contributed by atoms with E-state index in [1.807, 2.05) is 10.8 Å². The Kier molecular flexibility index (Phi) is 2.71. The highest BCUT2D eigenvalue weighted by atomic mass is 32.2. The summed E-state index contributed by atoms with van der Waals surface area (Å²) in [6, 6.07) is 1.87. The lowest BCUT2D eigenvalue weighted by atomic mass is 10.2. The number of thioether (sulfide) groups is 1. The highest BCUT2D eigenvalue weighted by Crippen LogP contribution is 2.27. The van der Waals surface area contributed by atoms with Crippen LogP contribution in [0.25, 0.3) is 11.0 Å². The maximum atomic E-state index is 11.5. The Morgan fingerprint density at radius 1 is 1.61 bits per heavy atom. The minimum absolute atomic E-state index is 0.134. The zero-order valence-electron chi connectivity index (χ0n) is 9.79. The van der Waals surface area contributed by atoms with Crippen molar-refractivity contribution in [1.82, 2.24) is 14.5 Å². The number of amides is 1. The first-order valence-electron chi connectivity index (χ1n) is 5.50. The van der Waals surface area contributed by atoms with Crippen molar-refractivity contribution in [1.29, 1.82) is 0 Å². The predicted octanol–water partition coefficient (Wildman–Crippen LogP) is 0.823. The van der Waals surface area contributed by atoms with Gasteiger partial charge in [-0.3, -0.25) is 4.79 Å². The van der Waals surface area contributed by atoms with Gasteiger partial charge in [-0.25, -0.2) is 9.97 Å². The summed E-state index contributed by atoms with van der Waals surface area (Å²) in [6.45, 7) is 1.17. The normalized spacial score (nSPS) is 15.8. The second-order valence-electron chi connectivity index (χ2n) is 4.09. The average molecular weight is 264 g/mol. The number of ether oxygens (including phenoxy) is 1. The van der Waals surface area contributed by atoms with Gasteiger partial charge in [-0.1, -0.05) is 11.8 Å². The van der Waals surface area contributed by atoms with Crippen LogP contribution in [0.5, 0.6) is 0 Å². The molecule has 0 spiro atoms. The first-order chi connectivity index (χ1) is 8.70. The van der Waals surface area contributed by atoms with Crippen LogP contribution in [0.2, 0.25) is 0 Å². The molecule has 1 aliphatic rings. The second kappa shape index (κ2) is 4.25. The molecule has 0 aromatic carbocycles. The summed E-state index contributed by atoms with van der Waals surface area (Å²) in [5, 5.41) is 1.51. The van der Waals surface area contributed by atoms with Crippen molar-refractivity contribution in [2.75, 3.05) is 19.5 Å². The molecule has 1 fully saturated rings. The Morgan fingerprint density at radius 2 is 2.39 bits per heavy atom. The quantitative estimate of drug-likeness (QED) is 0.655. The maximum Gasteiger partial charge on any atom is 0.265 e. The number of fused-ring (bicyclic) bond motifs is 1. The zero-order chi connectivity index (χ0) is 12.7. The molecule has 1 amide bonds. The van der Waals surface area contributed by atoms with Gasteiger partial charge in [0.15, 0.2) is 5.16 Å². The molecule has 2 aromatic heterocycles. The Hall–Kier alpha value is -1.60. The number of carbonyl (C=O) groups excluding carboxylic acids is 1. The molecule has 94 valence electrons. The van der Waals surface area contributed by atoms with Crippen molar-refractivity contribution in [3.05, 3.63) is 18.0 Å². The van der Waals surface area contributed by atoms with Gasteiger partial charge in [0.05, 0.1) is 19.3 Å². The predicted molar refractivity (Wildman–Crippen MR) is 67.7 cm³/mol. The molecule has 6 nitrogen and oxygen atoms in total. The van der Waals surface area contributed by atoms with Gasteiger partial charge in [-0.2, -0.15) is 0 Å². The van der Waals surface area contributed by atoms with Crippen molar-refractivity contribution in [3.8, 4) is 0 Å². The van der Waals surface area contributed by atoms with Crippen molar-refractivity contribution in [2.24, 2.45) is 5.73 Å². The molecular weight excluding hydrogens is 252 g/mol. The van der Waals surface area contributed by atoms with E-state index in [-0.39, 0.29) is 6.04 Å². The number of primary amides is 1. The number of nitrogens with two attached hydrogens (primary N) is 1. The van der Waals surface area contributed by atoms with Gasteiger partial charge in [0.25, 0.3) is 5.91 Å². The van der Waals surface area contributed by atoms with Gasteiger partial charge < -0.3 is 15.0 Å². The standard InChI is InChI=1S/C11H12N4O2S/c1-18-11-13-3-6-2-8(9(12)16)15(10(6)14-11)7-4-17-5-7/h2-3,7H,4-5H2,1H3,(H2,12,16). The van der Waals surface area contributed by atoms with Crippen molar-refractivity contribution < 1.29 is 9.53 Å². The number of rotatable bonds is 3. The fourth-order valence-corrected chi connectivity index (χ4v) is 2.36. The SMILES string of the molecule is CSc1ncc2cc(C(N)=O)n(C3COC3)c2n1. The van der Waals surface area contributed by atoms with Crippen LogP contribution in [0.1, 0.15) is 16.5 Å². The lowest BCUT2D eigenvalue weighted by molar-refractivity contribution is -0.0223. The Bertz CT molecular complexity index is 621. The largest absolute Gasteiger partial charge is 0.377 e. The fourth-order valence-electron chi connectivity index (χ4n) is 2.02. The van der Waals surface area contributed by atoms with Gasteiger partial charge in [-0.15, -0.1) is 0 Å². The fraction of sp³-hybridized carbons (Fsp3) is 0.364. The number of carbonyl (C=O) groups is 1. The van der Waals surface area contributed by atoms with Gasteiger partial charge in [0.2, 0.25) is 0 Å². The highest BCUT2D eigenvalue weighted by Gasteiger charge is 2.27. The summed E-state index contributed by atoms with van der Waals surface area (Å²) >= 11 is 1.46. The molecule has 3 rings (SSSR count). The summed E-state index contributed by atoms with van der Waals surface area (Å²) in [7, 11) is 0. The minimum Gasteiger partial charge on any atom is -0.377 e. The lowest BCUT2D eigenvalue weighted by Gasteiger charge is -2.29. The summed E-state index contributed by atoms with van der Waals surface area (Å²) in [4.78, 5) is 20.1. The van der Waals surface area contributed by atoms with E-state index in [1.54, 1.807) is 12.3 Å². The Balaban J connectivity index is 2.24. The molecule has 3 heterocycles. The van der Waals surface area contributed by atoms with E-state index in [0.717, 1.165) is 11.0 Å². The van der Waals surface area contributed by atoms with Crippen LogP contribution in [0.4, 0.5) is 0 Å². The third-order valence-corrected chi connectivity index (χ3v) is 3.54. The molecule has 0 bridgehead atoms. The van der Waals surface area contributed by atoms with Crippen LogP contribution in [-0.4, -0.2) is 39.9 Å². The molecule has 7 heteroatoms. The van der Waals surface area contributed by atoms with E-state index in [9.17, 15) is 4.79 Å². The summed E-state index contributed by atoms with van der Waals surface area (Å²) in [6.07, 6.45) is 3.63. The molecule has 18 heavy (non-hydrogen) atoms. The highest BCUT2D eigenvalue weighted by molar-refractivity contribution is 7.98. The molecule has 1 saturated heterocycles. The third-order valence-electron chi connectivity index (χ3n) is 2.97. The number of hydrogen-bond acceptors (Lipinski definition) is 5. The molecule has 0 radical (unpaired) electrons. The summed E-state index contributed by atoms with van der Waals surface area (Å²) < 4.78 is 7.04. The minimum atomic E-state index is -0.453. The summed E-state index contributed by atoms with van der Waals surface area (Å²) in [5.41, 5.74) is 6.62.